The molecule has 0 fully saturated rings. The molecule has 84 valence electrons. The van der Waals surface area contributed by atoms with Crippen molar-refractivity contribution >= 4 is 39.0 Å². The average Bonchev–Trinajstić information content (AvgIpc) is 2.73. The van der Waals surface area contributed by atoms with Gasteiger partial charge >= 0.3 is 0 Å². The Morgan fingerprint density at radius 2 is 2.06 bits per heavy atom. The van der Waals surface area contributed by atoms with E-state index < -0.39 is 0 Å². The first-order valence-corrected chi connectivity index (χ1v) is 7.39. The van der Waals surface area contributed by atoms with Crippen LogP contribution in [0.1, 0.15) is 4.88 Å². The molecule has 1 aromatic heterocycles. The molecule has 1 aromatic carbocycles. The average molecular weight is 315 g/mol. The Kier molecular flexibility index (Phi) is 4.32. The van der Waals surface area contributed by atoms with Crippen molar-refractivity contribution in [3.05, 3.63) is 45.1 Å². The molecule has 0 aliphatic heterocycles. The van der Waals surface area contributed by atoms with Crippen molar-refractivity contribution in [3.63, 3.8) is 0 Å². The second kappa shape index (κ2) is 5.75. The molecule has 4 heteroatoms. The summed E-state index contributed by atoms with van der Waals surface area (Å²) in [5.41, 5.74) is 0. The van der Waals surface area contributed by atoms with Crippen molar-refractivity contribution in [1.29, 1.82) is 0 Å². The van der Waals surface area contributed by atoms with Crippen LogP contribution >= 0.6 is 39.0 Å². The van der Waals surface area contributed by atoms with Crippen LogP contribution in [0.5, 0.6) is 5.75 Å². The normalized spacial score (nSPS) is 10.4. The third-order valence-electron chi connectivity index (χ3n) is 2.07. The van der Waals surface area contributed by atoms with E-state index in [9.17, 15) is 0 Å². The van der Waals surface area contributed by atoms with E-state index in [0.717, 1.165) is 11.5 Å². The van der Waals surface area contributed by atoms with Crippen LogP contribution in [0.15, 0.2) is 45.1 Å². The number of rotatable bonds is 4. The number of thioether (sulfide) groups is 1. The first-order chi connectivity index (χ1) is 7.79. The monoisotopic (exact) mass is 314 g/mol. The highest BCUT2D eigenvalue weighted by Gasteiger charge is 2.04. The fourth-order valence-corrected chi connectivity index (χ4v) is 3.87. The van der Waals surface area contributed by atoms with Gasteiger partial charge in [-0.05, 0) is 40.2 Å². The van der Waals surface area contributed by atoms with Crippen LogP contribution in [0.25, 0.3) is 0 Å². The summed E-state index contributed by atoms with van der Waals surface area (Å²) >= 11 is 7.05. The molecule has 1 nitrogen and oxygen atoms in total. The largest absolute Gasteiger partial charge is 0.496 e. The van der Waals surface area contributed by atoms with Crippen molar-refractivity contribution in [2.45, 2.75) is 10.6 Å². The molecule has 0 amide bonds. The first kappa shape index (κ1) is 12.0. The van der Waals surface area contributed by atoms with Gasteiger partial charge in [0, 0.05) is 15.5 Å². The summed E-state index contributed by atoms with van der Waals surface area (Å²) in [5.74, 6) is 1.93. The fourth-order valence-electron chi connectivity index (χ4n) is 1.32. The van der Waals surface area contributed by atoms with Crippen molar-refractivity contribution < 1.29 is 4.74 Å². The van der Waals surface area contributed by atoms with Gasteiger partial charge in [0.25, 0.3) is 0 Å². The zero-order valence-corrected chi connectivity index (χ0v) is 12.0. The van der Waals surface area contributed by atoms with Crippen molar-refractivity contribution in [2.75, 3.05) is 7.11 Å². The summed E-state index contributed by atoms with van der Waals surface area (Å²) in [6.07, 6.45) is 0. The molecule has 0 unspecified atom stereocenters. The minimum absolute atomic E-state index is 0.947. The highest BCUT2D eigenvalue weighted by atomic mass is 79.9. The number of halogens is 1. The van der Waals surface area contributed by atoms with E-state index in [1.54, 1.807) is 30.2 Å². The van der Waals surface area contributed by atoms with Crippen molar-refractivity contribution in [3.8, 4) is 5.75 Å². The van der Waals surface area contributed by atoms with E-state index >= 15 is 0 Å². The van der Waals surface area contributed by atoms with Gasteiger partial charge in [0.05, 0.1) is 10.9 Å². The second-order valence-corrected chi connectivity index (χ2v) is 6.71. The summed E-state index contributed by atoms with van der Waals surface area (Å²) in [6.45, 7) is 0. The quantitative estimate of drug-likeness (QED) is 0.749. The molecule has 0 saturated heterocycles. The second-order valence-electron chi connectivity index (χ2n) is 3.15. The molecule has 0 bridgehead atoms. The number of ether oxygens (including phenoxy) is 1. The van der Waals surface area contributed by atoms with E-state index in [4.69, 9.17) is 4.74 Å². The number of hydrogen-bond acceptors (Lipinski definition) is 3. The van der Waals surface area contributed by atoms with E-state index in [-0.39, 0.29) is 0 Å². The lowest BCUT2D eigenvalue weighted by Crippen LogP contribution is -1.85. The topological polar surface area (TPSA) is 9.23 Å². The molecule has 0 aliphatic rings. The Balaban J connectivity index is 2.04. The van der Waals surface area contributed by atoms with E-state index in [1.165, 1.54) is 13.6 Å². The maximum atomic E-state index is 5.31. The highest BCUT2D eigenvalue weighted by Crippen LogP contribution is 2.33. The minimum Gasteiger partial charge on any atom is -0.496 e. The summed E-state index contributed by atoms with van der Waals surface area (Å²) in [7, 11) is 1.71. The molecule has 0 radical (unpaired) electrons. The summed E-state index contributed by atoms with van der Waals surface area (Å²) in [4.78, 5) is 2.55. The van der Waals surface area contributed by atoms with Crippen LogP contribution in [0.4, 0.5) is 0 Å². The molecular formula is C12H11BrOS2. The third kappa shape index (κ3) is 3.03. The number of benzene rings is 1. The molecule has 0 saturated carbocycles. The number of thiophene rings is 1. The smallest absolute Gasteiger partial charge is 0.132 e. The lowest BCUT2D eigenvalue weighted by molar-refractivity contribution is 0.405. The predicted molar refractivity (Wildman–Crippen MR) is 74.6 cm³/mol. The van der Waals surface area contributed by atoms with Crippen molar-refractivity contribution in [1.82, 2.24) is 0 Å². The maximum Gasteiger partial charge on any atom is 0.132 e. The molecular weight excluding hydrogens is 304 g/mol. The van der Waals surface area contributed by atoms with Gasteiger partial charge in [-0.3, -0.25) is 0 Å². The van der Waals surface area contributed by atoms with Gasteiger partial charge in [-0.1, -0.05) is 12.1 Å². The zero-order valence-electron chi connectivity index (χ0n) is 8.77. The Morgan fingerprint density at radius 1 is 1.25 bits per heavy atom. The number of para-hydroxylation sites is 1. The van der Waals surface area contributed by atoms with Gasteiger partial charge in [0.15, 0.2) is 0 Å². The highest BCUT2D eigenvalue weighted by molar-refractivity contribution is 9.11. The van der Waals surface area contributed by atoms with Crippen LogP contribution in [-0.4, -0.2) is 7.11 Å². The van der Waals surface area contributed by atoms with Crippen LogP contribution in [0, 0.1) is 0 Å². The van der Waals surface area contributed by atoms with Gasteiger partial charge in [0.1, 0.15) is 5.75 Å². The Morgan fingerprint density at radius 3 is 2.75 bits per heavy atom. The van der Waals surface area contributed by atoms with E-state index in [0.29, 0.717) is 0 Å². The molecule has 1 heterocycles. The lowest BCUT2D eigenvalue weighted by Gasteiger charge is -2.06. The minimum atomic E-state index is 0.947. The fraction of sp³-hybridized carbons (Fsp3) is 0.167. The van der Waals surface area contributed by atoms with E-state index in [1.807, 2.05) is 18.2 Å². The van der Waals surface area contributed by atoms with Gasteiger partial charge < -0.3 is 4.74 Å². The van der Waals surface area contributed by atoms with Crippen LogP contribution in [-0.2, 0) is 5.75 Å². The lowest BCUT2D eigenvalue weighted by atomic mass is 10.3. The molecule has 2 aromatic rings. The predicted octanol–water partition coefficient (Wildman–Crippen LogP) is 4.81. The van der Waals surface area contributed by atoms with Gasteiger partial charge in [0.2, 0.25) is 0 Å². The van der Waals surface area contributed by atoms with Gasteiger partial charge in [-0.2, -0.15) is 0 Å². The Bertz CT molecular complexity index is 468. The summed E-state index contributed by atoms with van der Waals surface area (Å²) in [6, 6.07) is 12.3. The standard InChI is InChI=1S/C12H11BrOS2/c1-14-10-4-2-3-5-11(10)15-8-9-6-7-12(13)16-9/h2-7H,8H2,1H3. The van der Waals surface area contributed by atoms with Crippen LogP contribution in [0.2, 0.25) is 0 Å². The molecule has 0 spiro atoms. The maximum absolute atomic E-state index is 5.31. The van der Waals surface area contributed by atoms with Crippen LogP contribution in [0.3, 0.4) is 0 Å². The van der Waals surface area contributed by atoms with E-state index in [2.05, 4.69) is 34.1 Å². The molecule has 0 atom stereocenters. The summed E-state index contributed by atoms with van der Waals surface area (Å²) < 4.78 is 6.50. The molecule has 0 aliphatic carbocycles. The molecule has 16 heavy (non-hydrogen) atoms. The molecule has 0 N–H and O–H groups in total. The molecule has 2 rings (SSSR count). The summed E-state index contributed by atoms with van der Waals surface area (Å²) in [5, 5.41) is 0. The van der Waals surface area contributed by atoms with Gasteiger partial charge in [-0.25, -0.2) is 0 Å². The van der Waals surface area contributed by atoms with Crippen molar-refractivity contribution in [2.24, 2.45) is 0 Å². The Labute approximate surface area is 112 Å². The number of hydrogen-bond donors (Lipinski definition) is 0. The third-order valence-corrected chi connectivity index (χ3v) is 4.98. The number of methoxy groups -OCH3 is 1. The Hall–Kier alpha value is -0.450. The zero-order chi connectivity index (χ0) is 11.4. The first-order valence-electron chi connectivity index (χ1n) is 4.79. The van der Waals surface area contributed by atoms with Gasteiger partial charge in [-0.15, -0.1) is 23.1 Å². The SMILES string of the molecule is COc1ccccc1SCc1ccc(Br)s1. The van der Waals surface area contributed by atoms with Crippen LogP contribution < -0.4 is 4.74 Å².